The molecule has 3 aromatic rings. The maximum atomic E-state index is 13.2. The average Bonchev–Trinajstić information content (AvgIpc) is 3.03. The number of rotatable bonds is 5. The number of nitrogens with one attached hydrogen (secondary N) is 1. The molecule has 1 amide bonds. The van der Waals surface area contributed by atoms with Crippen molar-refractivity contribution in [3.8, 4) is 0 Å². The molecule has 132 valence electrons. The van der Waals surface area contributed by atoms with Crippen LogP contribution in [0.1, 0.15) is 27.0 Å². The highest BCUT2D eigenvalue weighted by Crippen LogP contribution is 2.26. The summed E-state index contributed by atoms with van der Waals surface area (Å²) in [6.07, 6.45) is 0. The second-order valence-corrected chi connectivity index (χ2v) is 6.60. The van der Waals surface area contributed by atoms with E-state index < -0.39 is 24.3 Å². The molecule has 0 radical (unpaired) electrons. The third-order valence-electron chi connectivity index (χ3n) is 3.59. The molecule has 1 aromatic heterocycles. The number of thiophene rings is 1. The van der Waals surface area contributed by atoms with Gasteiger partial charge in [-0.15, -0.1) is 11.3 Å². The van der Waals surface area contributed by atoms with Gasteiger partial charge in [0.05, 0.1) is 5.69 Å². The highest BCUT2D eigenvalue weighted by Gasteiger charge is 2.15. The number of fused-ring (bicyclic) bond motifs is 1. The van der Waals surface area contributed by atoms with Crippen molar-refractivity contribution in [1.82, 2.24) is 0 Å². The Morgan fingerprint density at radius 3 is 2.65 bits per heavy atom. The topological polar surface area (TPSA) is 72.5 Å². The lowest BCUT2D eigenvalue weighted by Gasteiger charge is -2.09. The second kappa shape index (κ2) is 7.45. The Kier molecular flexibility index (Phi) is 5.09. The molecule has 5 nitrogen and oxygen atoms in total. The van der Waals surface area contributed by atoms with E-state index in [4.69, 9.17) is 4.74 Å². The molecule has 0 bridgehead atoms. The lowest BCUT2D eigenvalue weighted by Crippen LogP contribution is -2.21. The summed E-state index contributed by atoms with van der Waals surface area (Å²) in [5, 5.41) is 3.15. The maximum absolute atomic E-state index is 13.2. The van der Waals surface area contributed by atoms with Crippen LogP contribution in [0.4, 0.5) is 10.1 Å². The summed E-state index contributed by atoms with van der Waals surface area (Å²) in [5.41, 5.74) is 0.733. The first-order valence-electron chi connectivity index (χ1n) is 7.70. The number of anilines is 1. The van der Waals surface area contributed by atoms with Crippen LogP contribution >= 0.6 is 11.3 Å². The molecule has 3 rings (SSSR count). The number of ketones is 1. The first-order valence-corrected chi connectivity index (χ1v) is 8.52. The molecule has 0 aliphatic carbocycles. The Labute approximate surface area is 152 Å². The van der Waals surface area contributed by atoms with Crippen molar-refractivity contribution in [2.24, 2.45) is 0 Å². The van der Waals surface area contributed by atoms with Crippen LogP contribution in [0.3, 0.4) is 0 Å². The molecule has 2 aromatic carbocycles. The SMILES string of the molecule is CC(=O)c1ccccc1NC(=O)COC(=O)c1cc2cc(F)ccc2s1. The number of halogens is 1. The van der Waals surface area contributed by atoms with E-state index in [1.807, 2.05) is 0 Å². The van der Waals surface area contributed by atoms with Crippen molar-refractivity contribution >= 4 is 44.8 Å². The number of esters is 1. The van der Waals surface area contributed by atoms with Crippen LogP contribution < -0.4 is 5.32 Å². The minimum atomic E-state index is -0.665. The van der Waals surface area contributed by atoms with Crippen LogP contribution in [0.2, 0.25) is 0 Å². The van der Waals surface area contributed by atoms with Crippen molar-refractivity contribution in [2.75, 3.05) is 11.9 Å². The third kappa shape index (κ3) is 3.94. The number of amides is 1. The molecule has 0 aliphatic heterocycles. The minimum absolute atomic E-state index is 0.185. The van der Waals surface area contributed by atoms with Crippen molar-refractivity contribution in [1.29, 1.82) is 0 Å². The van der Waals surface area contributed by atoms with Gasteiger partial charge < -0.3 is 10.1 Å². The molecule has 0 unspecified atom stereocenters. The molecule has 0 fully saturated rings. The van der Waals surface area contributed by atoms with Gasteiger partial charge in [-0.1, -0.05) is 12.1 Å². The summed E-state index contributed by atoms with van der Waals surface area (Å²) in [6, 6.07) is 12.3. The lowest BCUT2D eigenvalue weighted by molar-refractivity contribution is -0.119. The van der Waals surface area contributed by atoms with Crippen LogP contribution in [0.15, 0.2) is 48.5 Å². The first kappa shape index (κ1) is 17.8. The first-order chi connectivity index (χ1) is 12.4. The summed E-state index contributed by atoms with van der Waals surface area (Å²) in [7, 11) is 0. The Bertz CT molecular complexity index is 1010. The largest absolute Gasteiger partial charge is 0.451 e. The summed E-state index contributed by atoms with van der Waals surface area (Å²) in [4.78, 5) is 35.9. The highest BCUT2D eigenvalue weighted by atomic mass is 32.1. The normalized spacial score (nSPS) is 10.5. The van der Waals surface area contributed by atoms with Gasteiger partial charge in [-0.3, -0.25) is 9.59 Å². The Morgan fingerprint density at radius 2 is 1.88 bits per heavy atom. The van der Waals surface area contributed by atoms with Gasteiger partial charge in [0.15, 0.2) is 12.4 Å². The van der Waals surface area contributed by atoms with E-state index in [9.17, 15) is 18.8 Å². The number of carbonyl (C=O) groups is 3. The van der Waals surface area contributed by atoms with Gasteiger partial charge in [0.25, 0.3) is 5.91 Å². The van der Waals surface area contributed by atoms with Crippen LogP contribution in [0.5, 0.6) is 0 Å². The zero-order valence-corrected chi connectivity index (χ0v) is 14.6. The minimum Gasteiger partial charge on any atom is -0.451 e. The molecule has 0 saturated heterocycles. The van der Waals surface area contributed by atoms with Gasteiger partial charge in [0.1, 0.15) is 10.7 Å². The summed E-state index contributed by atoms with van der Waals surface area (Å²) < 4.78 is 19.0. The number of ether oxygens (including phenoxy) is 1. The molecule has 0 saturated carbocycles. The molecule has 0 atom stereocenters. The van der Waals surface area contributed by atoms with Crippen molar-refractivity contribution < 1.29 is 23.5 Å². The molecular weight excluding hydrogens is 357 g/mol. The molecule has 1 N–H and O–H groups in total. The van der Waals surface area contributed by atoms with Crippen molar-refractivity contribution in [3.05, 3.63) is 64.8 Å². The Hall–Kier alpha value is -3.06. The Morgan fingerprint density at radius 1 is 1.12 bits per heavy atom. The smallest absolute Gasteiger partial charge is 0.348 e. The molecule has 7 heteroatoms. The molecule has 0 spiro atoms. The predicted octanol–water partition coefficient (Wildman–Crippen LogP) is 4.04. The molecule has 0 aliphatic rings. The van der Waals surface area contributed by atoms with Crippen molar-refractivity contribution in [3.63, 3.8) is 0 Å². The molecule has 26 heavy (non-hydrogen) atoms. The van der Waals surface area contributed by atoms with E-state index >= 15 is 0 Å². The van der Waals surface area contributed by atoms with Crippen LogP contribution in [0, 0.1) is 5.82 Å². The second-order valence-electron chi connectivity index (χ2n) is 5.52. The van der Waals surface area contributed by atoms with Gasteiger partial charge in [-0.25, -0.2) is 9.18 Å². The Balaban J connectivity index is 1.63. The number of carbonyl (C=O) groups excluding carboxylic acids is 3. The zero-order chi connectivity index (χ0) is 18.7. The maximum Gasteiger partial charge on any atom is 0.348 e. The highest BCUT2D eigenvalue weighted by molar-refractivity contribution is 7.20. The molecular formula is C19H14FNO4S. The van der Waals surface area contributed by atoms with E-state index in [-0.39, 0.29) is 10.7 Å². The fourth-order valence-electron chi connectivity index (χ4n) is 2.40. The van der Waals surface area contributed by atoms with Crippen LogP contribution in [-0.4, -0.2) is 24.3 Å². The van der Waals surface area contributed by atoms with Gasteiger partial charge in [0.2, 0.25) is 0 Å². The van der Waals surface area contributed by atoms with E-state index in [0.29, 0.717) is 16.6 Å². The quantitative estimate of drug-likeness (QED) is 0.543. The summed E-state index contributed by atoms with van der Waals surface area (Å²) in [6.45, 7) is 0.906. The van der Waals surface area contributed by atoms with E-state index in [0.717, 1.165) is 16.0 Å². The monoisotopic (exact) mass is 371 g/mol. The predicted molar refractivity (Wildman–Crippen MR) is 97.1 cm³/mol. The van der Waals surface area contributed by atoms with Gasteiger partial charge in [-0.05, 0) is 48.7 Å². The van der Waals surface area contributed by atoms with Crippen LogP contribution in [0.25, 0.3) is 10.1 Å². The van der Waals surface area contributed by atoms with E-state index in [2.05, 4.69) is 5.32 Å². The number of para-hydroxylation sites is 1. The van der Waals surface area contributed by atoms with Crippen molar-refractivity contribution in [2.45, 2.75) is 6.92 Å². The fraction of sp³-hybridized carbons (Fsp3) is 0.105. The fourth-order valence-corrected chi connectivity index (χ4v) is 3.34. The van der Waals surface area contributed by atoms with E-state index in [1.54, 1.807) is 30.3 Å². The third-order valence-corrected chi connectivity index (χ3v) is 4.69. The van der Waals surface area contributed by atoms with E-state index in [1.165, 1.54) is 25.1 Å². The number of hydrogen-bond acceptors (Lipinski definition) is 5. The number of Topliss-reactive ketones (excluding diaryl/α,β-unsaturated/α-hetero) is 1. The average molecular weight is 371 g/mol. The molecule has 1 heterocycles. The number of benzene rings is 2. The van der Waals surface area contributed by atoms with Gasteiger partial charge in [-0.2, -0.15) is 0 Å². The lowest BCUT2D eigenvalue weighted by atomic mass is 10.1. The van der Waals surface area contributed by atoms with Crippen LogP contribution in [-0.2, 0) is 9.53 Å². The summed E-state index contributed by atoms with van der Waals surface area (Å²) in [5.74, 6) is -1.80. The summed E-state index contributed by atoms with van der Waals surface area (Å²) >= 11 is 1.16. The standard InChI is InChI=1S/C19H14FNO4S/c1-11(22)14-4-2-3-5-15(14)21-18(23)10-25-19(24)17-9-12-8-13(20)6-7-16(12)26-17/h2-9H,10H2,1H3,(H,21,23). The number of hydrogen-bond donors (Lipinski definition) is 1. The zero-order valence-electron chi connectivity index (χ0n) is 13.7. The van der Waals surface area contributed by atoms with Gasteiger partial charge >= 0.3 is 5.97 Å². The van der Waals surface area contributed by atoms with Gasteiger partial charge in [0, 0.05) is 10.3 Å².